The molecule has 20 heavy (non-hydrogen) atoms. The highest BCUT2D eigenvalue weighted by molar-refractivity contribution is 9.10. The van der Waals surface area contributed by atoms with E-state index in [2.05, 4.69) is 52.4 Å². The van der Waals surface area contributed by atoms with Gasteiger partial charge < -0.3 is 11.1 Å². The number of halogens is 1. The van der Waals surface area contributed by atoms with Gasteiger partial charge in [0.1, 0.15) is 4.99 Å². The first-order valence-corrected chi connectivity index (χ1v) is 7.76. The van der Waals surface area contributed by atoms with Crippen molar-refractivity contribution in [2.24, 2.45) is 5.73 Å². The first-order valence-electron chi connectivity index (χ1n) is 6.56. The number of aryl methyl sites for hydroxylation is 1. The number of anilines is 2. The summed E-state index contributed by atoms with van der Waals surface area (Å²) in [6, 6.07) is 14.3. The molecule has 0 aliphatic heterocycles. The molecule has 0 saturated heterocycles. The highest BCUT2D eigenvalue weighted by atomic mass is 79.9. The third kappa shape index (κ3) is 3.58. The van der Waals surface area contributed by atoms with Gasteiger partial charge in [0, 0.05) is 21.4 Å². The fourth-order valence-corrected chi connectivity index (χ4v) is 3.01. The minimum atomic E-state index is 0.377. The molecule has 0 radical (unpaired) electrons. The van der Waals surface area contributed by atoms with Crippen molar-refractivity contribution < 1.29 is 0 Å². The number of nitrogens with two attached hydrogens (primary N) is 1. The lowest BCUT2D eigenvalue weighted by Gasteiger charge is -2.13. The minimum absolute atomic E-state index is 0.377. The average Bonchev–Trinajstić information content (AvgIpc) is 2.41. The van der Waals surface area contributed by atoms with Crippen LogP contribution in [0.1, 0.15) is 24.5 Å². The van der Waals surface area contributed by atoms with Crippen LogP contribution in [0.15, 0.2) is 46.9 Å². The second-order valence-corrected chi connectivity index (χ2v) is 5.89. The second-order valence-electron chi connectivity index (χ2n) is 4.60. The molecule has 2 nitrogen and oxygen atoms in total. The Hall–Kier alpha value is -1.39. The molecule has 0 spiro atoms. The van der Waals surface area contributed by atoms with Crippen LogP contribution in [0.4, 0.5) is 11.4 Å². The molecule has 0 fully saturated rings. The van der Waals surface area contributed by atoms with Crippen LogP contribution < -0.4 is 11.1 Å². The van der Waals surface area contributed by atoms with Gasteiger partial charge in [0.2, 0.25) is 0 Å². The van der Waals surface area contributed by atoms with Crippen molar-refractivity contribution in [3.8, 4) is 0 Å². The van der Waals surface area contributed by atoms with E-state index in [1.54, 1.807) is 0 Å². The molecule has 0 unspecified atom stereocenters. The molecular weight excluding hydrogens is 332 g/mol. The van der Waals surface area contributed by atoms with Gasteiger partial charge in [0.15, 0.2) is 0 Å². The monoisotopic (exact) mass is 348 g/mol. The molecule has 4 heteroatoms. The Kier molecular flexibility index (Phi) is 5.15. The van der Waals surface area contributed by atoms with E-state index in [-0.39, 0.29) is 0 Å². The lowest BCUT2D eigenvalue weighted by molar-refractivity contribution is 0.922. The summed E-state index contributed by atoms with van der Waals surface area (Å²) in [5, 5.41) is 3.37. The highest BCUT2D eigenvalue weighted by Crippen LogP contribution is 2.27. The fraction of sp³-hybridized carbons (Fsp3) is 0.188. The third-order valence-corrected chi connectivity index (χ3v) is 3.90. The van der Waals surface area contributed by atoms with E-state index in [9.17, 15) is 0 Å². The van der Waals surface area contributed by atoms with E-state index in [1.807, 2.05) is 18.2 Å². The maximum Gasteiger partial charge on any atom is 0.107 e. The molecule has 0 aliphatic rings. The summed E-state index contributed by atoms with van der Waals surface area (Å²) in [6.07, 6.45) is 2.26. The molecule has 2 rings (SSSR count). The van der Waals surface area contributed by atoms with Crippen LogP contribution in [0.25, 0.3) is 0 Å². The molecule has 0 amide bonds. The topological polar surface area (TPSA) is 38.0 Å². The third-order valence-electron chi connectivity index (χ3n) is 3.03. The van der Waals surface area contributed by atoms with E-state index >= 15 is 0 Å². The van der Waals surface area contributed by atoms with Crippen molar-refractivity contribution in [2.45, 2.75) is 19.8 Å². The van der Waals surface area contributed by atoms with Crippen LogP contribution in [0.2, 0.25) is 0 Å². The number of rotatable bonds is 5. The smallest absolute Gasteiger partial charge is 0.107 e. The lowest BCUT2D eigenvalue weighted by Crippen LogP contribution is -2.12. The molecule has 0 heterocycles. The number of hydrogen-bond donors (Lipinski definition) is 2. The number of benzene rings is 2. The maximum atomic E-state index is 5.79. The second kappa shape index (κ2) is 6.86. The molecule has 0 aliphatic carbocycles. The maximum absolute atomic E-state index is 5.79. The summed E-state index contributed by atoms with van der Waals surface area (Å²) in [5.74, 6) is 0. The van der Waals surface area contributed by atoms with E-state index < -0.39 is 0 Å². The standard InChI is InChI=1S/C16H17BrN2S/c1-2-4-11-7-9-12(10-8-11)19-14-6-3-5-13(17)15(14)16(18)20/h3,5-10,19H,2,4H2,1H3,(H2,18,20). The number of nitrogens with one attached hydrogen (secondary N) is 1. The van der Waals surface area contributed by atoms with Crippen molar-refractivity contribution in [1.29, 1.82) is 0 Å². The first-order chi connectivity index (χ1) is 9.61. The number of hydrogen-bond acceptors (Lipinski definition) is 2. The van der Waals surface area contributed by atoms with Gasteiger partial charge >= 0.3 is 0 Å². The van der Waals surface area contributed by atoms with Gasteiger partial charge in [0.25, 0.3) is 0 Å². The summed E-state index contributed by atoms with van der Waals surface area (Å²) >= 11 is 8.60. The van der Waals surface area contributed by atoms with E-state index in [0.717, 1.165) is 34.3 Å². The molecule has 2 aromatic carbocycles. The van der Waals surface area contributed by atoms with Crippen molar-refractivity contribution in [2.75, 3.05) is 5.32 Å². The summed E-state index contributed by atoms with van der Waals surface area (Å²) < 4.78 is 0.901. The zero-order valence-electron chi connectivity index (χ0n) is 11.3. The van der Waals surface area contributed by atoms with Gasteiger partial charge in [-0.15, -0.1) is 0 Å². The predicted molar refractivity (Wildman–Crippen MR) is 93.7 cm³/mol. The van der Waals surface area contributed by atoms with Crippen LogP contribution in [-0.4, -0.2) is 4.99 Å². The fourth-order valence-electron chi connectivity index (χ4n) is 2.08. The Morgan fingerprint density at radius 1 is 1.20 bits per heavy atom. The van der Waals surface area contributed by atoms with Crippen LogP contribution in [0.5, 0.6) is 0 Å². The highest BCUT2D eigenvalue weighted by Gasteiger charge is 2.09. The van der Waals surface area contributed by atoms with Gasteiger partial charge in [-0.25, -0.2) is 0 Å². The minimum Gasteiger partial charge on any atom is -0.389 e. The molecule has 0 bridgehead atoms. The van der Waals surface area contributed by atoms with Crippen molar-refractivity contribution in [1.82, 2.24) is 0 Å². The summed E-state index contributed by atoms with van der Waals surface area (Å²) in [5.41, 5.74) is 9.92. The van der Waals surface area contributed by atoms with E-state index in [4.69, 9.17) is 18.0 Å². The van der Waals surface area contributed by atoms with Crippen LogP contribution in [-0.2, 0) is 6.42 Å². The Labute approximate surface area is 133 Å². The summed E-state index contributed by atoms with van der Waals surface area (Å²) in [7, 11) is 0. The van der Waals surface area contributed by atoms with E-state index in [0.29, 0.717) is 4.99 Å². The van der Waals surface area contributed by atoms with Gasteiger partial charge in [0.05, 0.1) is 0 Å². The number of thiocarbonyl (C=S) groups is 1. The van der Waals surface area contributed by atoms with Crippen molar-refractivity contribution in [3.63, 3.8) is 0 Å². The Balaban J connectivity index is 2.26. The largest absolute Gasteiger partial charge is 0.389 e. The quantitative estimate of drug-likeness (QED) is 0.763. The van der Waals surface area contributed by atoms with Crippen molar-refractivity contribution in [3.05, 3.63) is 58.1 Å². The molecule has 104 valence electrons. The Morgan fingerprint density at radius 2 is 1.90 bits per heavy atom. The first kappa shape index (κ1) is 15.0. The normalized spacial score (nSPS) is 10.3. The molecule has 3 N–H and O–H groups in total. The van der Waals surface area contributed by atoms with Gasteiger partial charge in [-0.05, 0) is 52.2 Å². The molecule has 0 saturated carbocycles. The van der Waals surface area contributed by atoms with Gasteiger partial charge in [-0.2, -0.15) is 0 Å². The predicted octanol–water partition coefficient (Wildman–Crippen LogP) is 4.78. The Bertz CT molecular complexity index is 608. The molecule has 0 aromatic heterocycles. The summed E-state index contributed by atoms with van der Waals surface area (Å²) in [4.78, 5) is 0.377. The van der Waals surface area contributed by atoms with Crippen LogP contribution >= 0.6 is 28.1 Å². The zero-order chi connectivity index (χ0) is 14.5. The molecule has 0 atom stereocenters. The van der Waals surface area contributed by atoms with E-state index in [1.165, 1.54) is 5.56 Å². The van der Waals surface area contributed by atoms with Crippen LogP contribution in [0, 0.1) is 0 Å². The molecular formula is C16H17BrN2S. The Morgan fingerprint density at radius 3 is 2.50 bits per heavy atom. The molecule has 2 aromatic rings. The van der Waals surface area contributed by atoms with Gasteiger partial charge in [-0.1, -0.05) is 43.8 Å². The average molecular weight is 349 g/mol. The van der Waals surface area contributed by atoms with Gasteiger partial charge in [-0.3, -0.25) is 0 Å². The zero-order valence-corrected chi connectivity index (χ0v) is 13.7. The SMILES string of the molecule is CCCc1ccc(Nc2cccc(Br)c2C(N)=S)cc1. The lowest BCUT2D eigenvalue weighted by atomic mass is 10.1. The van der Waals surface area contributed by atoms with Crippen molar-refractivity contribution >= 4 is 44.5 Å². The van der Waals surface area contributed by atoms with Crippen LogP contribution in [0.3, 0.4) is 0 Å². The summed E-state index contributed by atoms with van der Waals surface area (Å²) in [6.45, 7) is 2.18.